The third-order valence-corrected chi connectivity index (χ3v) is 17.3. The minimum Gasteiger partial charge on any atom is -0.480 e. The standard InChI is InChI=1S/C63H58N16O2/c1-76-56(43-6-4-3-5-7-43)55(42-10-8-40(9-11-42)35-77-26-19-46(20-27-77)70-51-17-24-67-53(31-64)72-51)74-59(76)49-30-45(33-69-61(49)80-2)41-12-14-44(15-13-41)57-58(75-60-48-16-23-66-34-50(48)81-39-79(57)60)63-36-62(63,37-63)38-78-28-21-47(22-29-78)71-52-18-25-68-54(32-65)73-52/h3-18,23-25,30,33-34,46-47H,19-22,26-29,35-39H2,1-2H3,(H,67,70,72)(H,68,71,73). The molecule has 6 aromatic heterocycles. The molecule has 9 aromatic rings. The second-order valence-electron chi connectivity index (χ2n) is 22.2. The Hall–Kier alpha value is -9.36. The summed E-state index contributed by atoms with van der Waals surface area (Å²) < 4.78 is 16.8. The van der Waals surface area contributed by atoms with Crippen molar-refractivity contribution in [2.75, 3.05) is 50.5 Å². The minimum atomic E-state index is 0.0148. The van der Waals surface area contributed by atoms with Crippen LogP contribution in [0.5, 0.6) is 11.6 Å². The van der Waals surface area contributed by atoms with Crippen molar-refractivity contribution < 1.29 is 9.47 Å². The van der Waals surface area contributed by atoms with Gasteiger partial charge < -0.3 is 29.6 Å². The minimum absolute atomic E-state index is 0.0148. The third-order valence-electron chi connectivity index (χ3n) is 17.3. The molecule has 3 aliphatic heterocycles. The number of rotatable bonds is 15. The lowest BCUT2D eigenvalue weighted by molar-refractivity contribution is 0.197. The maximum Gasteiger partial charge on any atom is 0.234 e. The van der Waals surface area contributed by atoms with E-state index in [0.717, 1.165) is 157 Å². The van der Waals surface area contributed by atoms with Gasteiger partial charge in [-0.05, 0) is 79.3 Å². The summed E-state index contributed by atoms with van der Waals surface area (Å²) in [7, 11) is 3.73. The third kappa shape index (κ3) is 9.25. The van der Waals surface area contributed by atoms with E-state index in [1.54, 1.807) is 25.7 Å². The van der Waals surface area contributed by atoms with Gasteiger partial charge in [-0.25, -0.2) is 34.9 Å². The summed E-state index contributed by atoms with van der Waals surface area (Å²) in [6, 6.07) is 40.5. The molecule has 2 saturated heterocycles. The Morgan fingerprint density at radius 3 is 1.95 bits per heavy atom. The normalized spacial score (nSPS) is 19.5. The largest absolute Gasteiger partial charge is 0.480 e. The fourth-order valence-corrected chi connectivity index (χ4v) is 12.9. The first-order valence-electron chi connectivity index (χ1n) is 27.8. The molecule has 18 nitrogen and oxygen atoms in total. The molecular weight excluding hydrogens is 1010 g/mol. The summed E-state index contributed by atoms with van der Waals surface area (Å²) in [5, 5.41) is 25.6. The number of hydrogen-bond acceptors (Lipinski definition) is 16. The number of aromatic nitrogens is 10. The number of ether oxygens (including phenoxy) is 2. The van der Waals surface area contributed by atoms with E-state index in [1.165, 1.54) is 5.56 Å². The van der Waals surface area contributed by atoms with Crippen molar-refractivity contribution in [3.05, 3.63) is 157 Å². The number of fused-ring (bicyclic) bond motifs is 4. The average molecular weight is 1070 g/mol. The molecule has 0 amide bonds. The van der Waals surface area contributed by atoms with Crippen LogP contribution in [-0.4, -0.2) is 111 Å². The molecule has 5 aliphatic rings. The predicted octanol–water partition coefficient (Wildman–Crippen LogP) is 9.78. The average Bonchev–Trinajstić information content (AvgIpc) is 1.99. The number of nitriles is 2. The van der Waals surface area contributed by atoms with Crippen molar-refractivity contribution in [1.82, 2.24) is 58.8 Å². The second kappa shape index (κ2) is 20.4. The molecule has 0 radical (unpaired) electrons. The van der Waals surface area contributed by atoms with Crippen molar-refractivity contribution in [2.24, 2.45) is 12.5 Å². The van der Waals surface area contributed by atoms with Gasteiger partial charge in [0.15, 0.2) is 12.5 Å². The van der Waals surface area contributed by atoms with Crippen LogP contribution in [0.4, 0.5) is 11.6 Å². The number of likely N-dealkylation sites (tertiary alicyclic amines) is 2. The molecule has 3 aromatic carbocycles. The highest BCUT2D eigenvalue weighted by molar-refractivity contribution is 5.84. The summed E-state index contributed by atoms with van der Waals surface area (Å²) in [4.78, 5) is 42.1. The lowest BCUT2D eigenvalue weighted by Crippen LogP contribution is -2.40. The van der Waals surface area contributed by atoms with Gasteiger partial charge in [0.25, 0.3) is 0 Å². The van der Waals surface area contributed by atoms with E-state index in [1.807, 2.05) is 48.8 Å². The van der Waals surface area contributed by atoms with E-state index in [-0.39, 0.29) is 28.5 Å². The van der Waals surface area contributed by atoms with Gasteiger partial charge in [-0.1, -0.05) is 78.9 Å². The van der Waals surface area contributed by atoms with Gasteiger partial charge in [0.1, 0.15) is 35.4 Å². The number of imidazole rings is 2. The molecule has 9 heterocycles. The molecule has 0 bridgehead atoms. The maximum atomic E-state index is 9.29. The van der Waals surface area contributed by atoms with Gasteiger partial charge >= 0.3 is 0 Å². The highest BCUT2D eigenvalue weighted by atomic mass is 16.5. The van der Waals surface area contributed by atoms with Crippen LogP contribution < -0.4 is 20.1 Å². The Morgan fingerprint density at radius 1 is 0.642 bits per heavy atom. The fraction of sp³-hybridized carbons (Fsp3) is 0.302. The van der Waals surface area contributed by atoms with Crippen LogP contribution in [0.25, 0.3) is 67.7 Å². The van der Waals surface area contributed by atoms with E-state index in [9.17, 15) is 10.5 Å². The van der Waals surface area contributed by atoms with E-state index in [0.29, 0.717) is 30.3 Å². The number of piperidine rings is 2. The van der Waals surface area contributed by atoms with Gasteiger partial charge in [0, 0.05) is 111 Å². The van der Waals surface area contributed by atoms with Crippen molar-refractivity contribution >= 4 is 11.6 Å². The molecule has 2 saturated carbocycles. The van der Waals surface area contributed by atoms with Gasteiger partial charge in [0.05, 0.1) is 47.2 Å². The number of anilines is 2. The maximum absolute atomic E-state index is 9.29. The molecular formula is C63H58N16O2. The highest BCUT2D eigenvalue weighted by Crippen LogP contribution is 2.86. The van der Waals surface area contributed by atoms with Gasteiger partial charge in [0.2, 0.25) is 17.5 Å². The summed E-state index contributed by atoms with van der Waals surface area (Å²) in [5.41, 5.74) is 12.5. The zero-order valence-electron chi connectivity index (χ0n) is 45.1. The van der Waals surface area contributed by atoms with E-state index in [4.69, 9.17) is 24.4 Å². The van der Waals surface area contributed by atoms with Crippen LogP contribution in [0.1, 0.15) is 61.4 Å². The first kappa shape index (κ1) is 49.9. The van der Waals surface area contributed by atoms with Crippen molar-refractivity contribution in [3.63, 3.8) is 0 Å². The first-order chi connectivity index (χ1) is 39.8. The number of hydrogen-bond donors (Lipinski definition) is 2. The predicted molar refractivity (Wildman–Crippen MR) is 306 cm³/mol. The Balaban J connectivity index is 0.715. The molecule has 81 heavy (non-hydrogen) atoms. The Morgan fingerprint density at radius 2 is 1.28 bits per heavy atom. The van der Waals surface area contributed by atoms with E-state index >= 15 is 0 Å². The molecule has 2 aliphatic carbocycles. The lowest BCUT2D eigenvalue weighted by atomic mass is 9.99. The summed E-state index contributed by atoms with van der Waals surface area (Å²) in [5.74, 6) is 4.69. The smallest absolute Gasteiger partial charge is 0.234 e. The van der Waals surface area contributed by atoms with Crippen molar-refractivity contribution in [2.45, 2.75) is 69.3 Å². The SMILES string of the molecule is COc1ncc(-c2ccc(-c3c(C45CC4(CN4CCC(Nc6ccnc(C#N)n6)CC4)C5)nc4n3COc3cnccc3-4)cc2)cc1-c1nc(-c2ccc(CN3CCC(Nc4ccnc(C#N)n4)CC3)cc2)c(-c2ccccc2)n1C. The number of nitrogens with zero attached hydrogens (tertiary/aromatic N) is 14. The molecule has 0 unspecified atom stereocenters. The zero-order valence-corrected chi connectivity index (χ0v) is 45.1. The van der Waals surface area contributed by atoms with Crippen molar-refractivity contribution in [3.8, 4) is 91.4 Å². The Kier molecular flexibility index (Phi) is 12.6. The van der Waals surface area contributed by atoms with E-state index in [2.05, 4.69) is 140 Å². The molecule has 0 spiro atoms. The van der Waals surface area contributed by atoms with Crippen molar-refractivity contribution in [1.29, 1.82) is 10.5 Å². The first-order valence-corrected chi connectivity index (χ1v) is 27.8. The monoisotopic (exact) mass is 1070 g/mol. The van der Waals surface area contributed by atoms with Crippen LogP contribution in [0.2, 0.25) is 0 Å². The molecule has 402 valence electrons. The summed E-state index contributed by atoms with van der Waals surface area (Å²) >= 11 is 0. The zero-order chi connectivity index (χ0) is 54.7. The quantitative estimate of drug-likeness (QED) is 0.0979. The highest BCUT2D eigenvalue weighted by Gasteiger charge is 2.85. The Labute approximate surface area is 469 Å². The van der Waals surface area contributed by atoms with Crippen LogP contribution in [-0.2, 0) is 25.7 Å². The molecule has 2 N–H and O–H groups in total. The van der Waals surface area contributed by atoms with Crippen LogP contribution >= 0.6 is 0 Å². The van der Waals surface area contributed by atoms with Gasteiger partial charge in [-0.2, -0.15) is 10.5 Å². The van der Waals surface area contributed by atoms with Gasteiger partial charge in [-0.15, -0.1) is 0 Å². The number of pyridine rings is 2. The molecule has 18 heteroatoms. The molecule has 0 atom stereocenters. The Bertz CT molecular complexity index is 3920. The summed E-state index contributed by atoms with van der Waals surface area (Å²) in [6.07, 6.45) is 15.0. The lowest BCUT2D eigenvalue weighted by Gasteiger charge is -2.33. The topological polar surface area (TPSA) is 210 Å². The van der Waals surface area contributed by atoms with Crippen LogP contribution in [0, 0.1) is 28.1 Å². The van der Waals surface area contributed by atoms with E-state index < -0.39 is 0 Å². The number of methoxy groups -OCH3 is 1. The van der Waals surface area contributed by atoms with Crippen LogP contribution in [0.15, 0.2) is 134 Å². The summed E-state index contributed by atoms with van der Waals surface area (Å²) in [6.45, 7) is 6.16. The molecule has 14 rings (SSSR count). The second-order valence-corrected chi connectivity index (χ2v) is 22.2. The number of nitrogens with one attached hydrogen (secondary N) is 2. The van der Waals surface area contributed by atoms with Crippen LogP contribution in [0.3, 0.4) is 0 Å². The molecule has 4 fully saturated rings. The van der Waals surface area contributed by atoms with Gasteiger partial charge in [-0.3, -0.25) is 14.5 Å². The number of benzene rings is 3. The fourth-order valence-electron chi connectivity index (χ4n) is 12.9.